The highest BCUT2D eigenvalue weighted by atomic mass is 19.4. The Hall–Kier alpha value is -10.5. The lowest BCUT2D eigenvalue weighted by Gasteiger charge is -2.21. The molecule has 18 heteroatoms. The van der Waals surface area contributed by atoms with Crippen LogP contribution in [-0.4, -0.2) is 78.9 Å². The first-order chi connectivity index (χ1) is 55.7. The van der Waals surface area contributed by atoms with E-state index < -0.39 is 11.7 Å². The van der Waals surface area contributed by atoms with Gasteiger partial charge in [0.2, 0.25) is 11.8 Å². The number of halogens is 3. The van der Waals surface area contributed by atoms with Crippen LogP contribution in [0.25, 0.3) is 22.3 Å². The maximum atomic E-state index is 12.6. The van der Waals surface area contributed by atoms with E-state index in [2.05, 4.69) is 153 Å². The Balaban J connectivity index is 0.000000364. The first kappa shape index (κ1) is 107. The third-order valence-corrected chi connectivity index (χ3v) is 18.8. The largest absolute Gasteiger partial charge is 0.481 e. The van der Waals surface area contributed by atoms with Crippen molar-refractivity contribution in [1.82, 2.24) is 29.5 Å². The third kappa shape index (κ3) is 36.5. The molecule has 666 valence electrons. The molecular weight excluding hydrogens is 1540 g/mol. The lowest BCUT2D eigenvalue weighted by atomic mass is 9.86. The summed E-state index contributed by atoms with van der Waals surface area (Å²) >= 11 is 0. The van der Waals surface area contributed by atoms with Crippen LogP contribution in [-0.2, 0) is 43.7 Å². The van der Waals surface area contributed by atoms with Gasteiger partial charge >= 0.3 is 6.18 Å². The second-order valence-corrected chi connectivity index (χ2v) is 40.3. The molecule has 2 aliphatic rings. The van der Waals surface area contributed by atoms with Gasteiger partial charge in [0.25, 0.3) is 0 Å². The van der Waals surface area contributed by atoms with Crippen molar-refractivity contribution in [3.05, 3.63) is 266 Å². The highest BCUT2D eigenvalue weighted by Crippen LogP contribution is 2.35. The molecule has 0 fully saturated rings. The number of aryl methyl sites for hydroxylation is 5. The molecule has 0 unspecified atom stereocenters. The Morgan fingerprint density at radius 3 is 1.59 bits per heavy atom. The van der Waals surface area contributed by atoms with Crippen molar-refractivity contribution < 1.29 is 41.9 Å². The molecule has 2 aliphatic heterocycles. The first-order valence-electron chi connectivity index (χ1n) is 41.7. The van der Waals surface area contributed by atoms with Crippen molar-refractivity contribution in [3.8, 4) is 17.3 Å². The van der Waals surface area contributed by atoms with Crippen LogP contribution in [0.1, 0.15) is 286 Å². The monoisotopic (exact) mass is 1680 g/mol. The number of aromatic nitrogens is 6. The van der Waals surface area contributed by atoms with Crippen LogP contribution in [0.2, 0.25) is 0 Å². The van der Waals surface area contributed by atoms with E-state index in [1.807, 2.05) is 231 Å². The summed E-state index contributed by atoms with van der Waals surface area (Å²) < 4.78 is 44.8. The molecule has 123 heavy (non-hydrogen) atoms. The van der Waals surface area contributed by atoms with Crippen LogP contribution >= 0.6 is 0 Å². The van der Waals surface area contributed by atoms with Crippen LogP contribution in [0.5, 0.6) is 5.88 Å². The molecule has 0 N–H and O–H groups in total. The normalized spacial score (nSPS) is 12.3. The maximum absolute atomic E-state index is 12.6. The standard InChI is InChI=1S/C17H20N2O2.C15H21NO.C14H15NO.C13H17F3.C12H16N2.C12H18.C10H14N2O.C10H15NO.2CH4/c1-11-10-14(21-5)19-16(18-11)13-8-6-12(7-9-13)15(20)17(2,3)4;1-15(2,3)10-8-14(17)16-11-9-12-6-4-5-7-13(12)16;1-14(2,3)13(16)11-8-4-6-10-7-5-9-15-12(10)11;1-9-5-10(8-12(2,3)4)7-11(6-9)13(14,15)16;1-12(2,3)7-9-5-4-6-10-11(9)14-8-13-10;1-10-6-5-7-11(8-10)9-12(2,3)4;1-7-5-12-8(6-11-7)9(13)10(2,3)4;1-10(2,3)9(12)8-6-5-7-11(8)4;;/h6-10H,1-5H3;4-7H,8-11H2,1-3H3;4-9H,1-3H3;5-7H,8H2,1-4H3;4-6H,7-8H2,1-3H3;5-8H,9H2,1-4H3;5-6H,1-4H3;5-7H,1-4H3;2*1H4. The number of amides is 1. The summed E-state index contributed by atoms with van der Waals surface area (Å²) in [5.74, 6) is 1.88. The number of methoxy groups -OCH3 is 1. The molecule has 0 atom stereocenters. The number of ketones is 4. The van der Waals surface area contributed by atoms with Crippen molar-refractivity contribution in [2.45, 2.75) is 253 Å². The van der Waals surface area contributed by atoms with Gasteiger partial charge in [-0.2, -0.15) is 18.2 Å². The molecule has 6 aromatic carbocycles. The quantitative estimate of drug-likeness (QED) is 0.112. The Labute approximate surface area is 735 Å². The average Bonchev–Trinajstić information content (AvgIpc) is 1.77. The predicted molar refractivity (Wildman–Crippen MR) is 503 cm³/mol. The summed E-state index contributed by atoms with van der Waals surface area (Å²) in [6.45, 7) is 58.1. The van der Waals surface area contributed by atoms with Gasteiger partial charge in [-0.1, -0.05) is 295 Å². The van der Waals surface area contributed by atoms with Crippen LogP contribution in [0.4, 0.5) is 18.9 Å². The minimum absolute atomic E-state index is 0. The Morgan fingerprint density at radius 1 is 0.488 bits per heavy atom. The highest BCUT2D eigenvalue weighted by molar-refractivity contribution is 6.09. The molecule has 0 saturated carbocycles. The fourth-order valence-electron chi connectivity index (χ4n) is 12.8. The van der Waals surface area contributed by atoms with E-state index in [9.17, 15) is 37.1 Å². The Kier molecular flexibility index (Phi) is 39.2. The van der Waals surface area contributed by atoms with Crippen molar-refractivity contribution >= 4 is 45.6 Å². The number of hydrogen-bond donors (Lipinski definition) is 0. The average molecular weight is 1690 g/mol. The van der Waals surface area contributed by atoms with E-state index in [0.29, 0.717) is 64.4 Å². The van der Waals surface area contributed by atoms with Gasteiger partial charge in [0.05, 0.1) is 46.5 Å². The fraction of sp³-hybridized carbons (Fsp3) is 0.467. The van der Waals surface area contributed by atoms with Gasteiger partial charge in [-0.15, -0.1) is 0 Å². The first-order valence-corrected chi connectivity index (χ1v) is 41.7. The number of alkyl halides is 3. The highest BCUT2D eigenvalue weighted by Gasteiger charge is 2.33. The van der Waals surface area contributed by atoms with Gasteiger partial charge in [-0.25, -0.2) is 9.97 Å². The zero-order valence-electron chi connectivity index (χ0n) is 78.1. The smallest absolute Gasteiger partial charge is 0.416 e. The molecule has 0 bridgehead atoms. The minimum atomic E-state index is -4.25. The zero-order chi connectivity index (χ0) is 91.2. The van der Waals surface area contributed by atoms with Crippen LogP contribution < -0.4 is 20.4 Å². The lowest BCUT2D eigenvalue weighted by Crippen LogP contribution is -2.29. The van der Waals surface area contributed by atoms with E-state index in [0.717, 1.165) is 87.7 Å². The number of hydrogen-bond acceptors (Lipinski definition) is 13. The number of nitrogens with zero attached hydrogens (tertiary/aromatic N) is 9. The topological polar surface area (TPSA) is 192 Å². The number of carbonyl (C=O) groups is 5. The number of anilines is 1. The number of Topliss-reactive ketones (excluding diaryl/α,β-unsaturated/α-hetero) is 4. The van der Waals surface area contributed by atoms with Crippen molar-refractivity contribution in [2.75, 3.05) is 25.2 Å². The number of para-hydroxylation sites is 3. The molecule has 15 nitrogen and oxygen atoms in total. The number of carbonyl (C=O) groups excluding carboxylic acids is 5. The number of ether oxygens (including phenoxy) is 1. The summed E-state index contributed by atoms with van der Waals surface area (Å²) in [5.41, 5.74) is 12.9. The second kappa shape index (κ2) is 45.2. The third-order valence-electron chi connectivity index (χ3n) is 18.8. The number of benzene rings is 6. The van der Waals surface area contributed by atoms with Crippen molar-refractivity contribution in [2.24, 2.45) is 60.4 Å². The summed E-state index contributed by atoms with van der Waals surface area (Å²) in [5, 5.41) is 3.19. The summed E-state index contributed by atoms with van der Waals surface area (Å²) in [6, 6.07) is 50.0. The van der Waals surface area contributed by atoms with Crippen molar-refractivity contribution in [1.29, 1.82) is 0 Å². The van der Waals surface area contributed by atoms with Gasteiger partial charge < -0.3 is 14.2 Å². The lowest BCUT2D eigenvalue weighted by molar-refractivity contribution is -0.137. The molecule has 6 heterocycles. The van der Waals surface area contributed by atoms with Crippen LogP contribution in [0, 0.1) is 71.0 Å². The molecule has 12 rings (SSSR count). The maximum Gasteiger partial charge on any atom is 0.416 e. The van der Waals surface area contributed by atoms with E-state index in [1.165, 1.54) is 40.6 Å². The summed E-state index contributed by atoms with van der Waals surface area (Å²) in [4.78, 5) is 91.8. The van der Waals surface area contributed by atoms with Gasteiger partial charge in [-0.3, -0.25) is 43.9 Å². The Bertz CT molecular complexity index is 5230. The fourth-order valence-corrected chi connectivity index (χ4v) is 12.8. The van der Waals surface area contributed by atoms with E-state index in [4.69, 9.17) is 4.74 Å². The number of pyridine rings is 1. The van der Waals surface area contributed by atoms with Crippen LogP contribution in [0.3, 0.4) is 0 Å². The molecule has 4 aromatic heterocycles. The van der Waals surface area contributed by atoms with Gasteiger partial charge in [0.1, 0.15) is 12.4 Å². The van der Waals surface area contributed by atoms with E-state index in [1.54, 1.807) is 32.5 Å². The molecule has 1 amide bonds. The molecule has 0 aliphatic carbocycles. The second-order valence-electron chi connectivity index (χ2n) is 40.3. The number of rotatable bonds is 11. The molecular formula is C105H144F3N9O6. The Morgan fingerprint density at radius 2 is 1.06 bits per heavy atom. The SMILES string of the molecule is C.C.CC(C)(C)C(=O)c1cccc2cccnc12.CC(C)(C)CCC(=O)N1CCc2ccccc21.CC(C)(C)Cc1cccc2c1=NCN=2.COc1cc(C)nc(-c2ccc(C(=O)C(C)(C)C)cc2)n1.Cc1cc(CC(C)(C)C)cc(C(F)(F)F)c1.Cc1cccc(CC(C)(C)C)c1.Cc1cnc(C(=O)C(C)(C)C)cn1.Cn1cccc1C(=O)C(C)(C)C. The van der Waals surface area contributed by atoms with Crippen molar-refractivity contribution in [3.63, 3.8) is 0 Å². The zero-order valence-corrected chi connectivity index (χ0v) is 78.1. The molecule has 0 saturated heterocycles. The van der Waals surface area contributed by atoms with Crippen LogP contribution in [0.15, 0.2) is 192 Å². The molecule has 0 spiro atoms. The van der Waals surface area contributed by atoms with Gasteiger partial charge in [-0.05, 0) is 152 Å². The van der Waals surface area contributed by atoms with E-state index >= 15 is 0 Å². The van der Waals surface area contributed by atoms with Gasteiger partial charge in [0.15, 0.2) is 29.0 Å². The number of fused-ring (bicyclic) bond motifs is 3. The predicted octanol–water partition coefficient (Wildman–Crippen LogP) is 25.8. The molecule has 10 aromatic rings. The summed E-state index contributed by atoms with van der Waals surface area (Å²) in [7, 11) is 3.47. The minimum Gasteiger partial charge on any atom is -0.481 e. The summed E-state index contributed by atoms with van der Waals surface area (Å²) in [6.07, 6.45) is 7.97. The molecule has 0 radical (unpaired) electrons. The van der Waals surface area contributed by atoms with Gasteiger partial charge in [0, 0.05) is 99.8 Å². The van der Waals surface area contributed by atoms with E-state index in [-0.39, 0.29) is 76.4 Å².